The molecular weight excluding hydrogens is 208 g/mol. The zero-order chi connectivity index (χ0) is 11.5. The molecule has 1 aromatic carbocycles. The van der Waals surface area contributed by atoms with Gasteiger partial charge in [0.2, 0.25) is 0 Å². The summed E-state index contributed by atoms with van der Waals surface area (Å²) in [5.41, 5.74) is 1.35. The van der Waals surface area contributed by atoms with Gasteiger partial charge in [0.15, 0.2) is 5.82 Å². The van der Waals surface area contributed by atoms with Crippen LogP contribution in [-0.2, 0) is 11.8 Å². The predicted molar refractivity (Wildman–Crippen MR) is 55.6 cm³/mol. The van der Waals surface area contributed by atoms with E-state index in [1.807, 2.05) is 0 Å². The number of methoxy groups -OCH3 is 1. The summed E-state index contributed by atoms with van der Waals surface area (Å²) in [7, 11) is 3.10. The van der Waals surface area contributed by atoms with E-state index < -0.39 is 0 Å². The molecule has 0 bridgehead atoms. The number of tetrazole rings is 1. The van der Waals surface area contributed by atoms with Gasteiger partial charge in [0.05, 0.1) is 12.7 Å². The Bertz CT molecular complexity index is 504. The van der Waals surface area contributed by atoms with E-state index >= 15 is 0 Å². The first-order valence-electron chi connectivity index (χ1n) is 4.63. The second-order valence-electron chi connectivity index (χ2n) is 3.20. The van der Waals surface area contributed by atoms with Crippen molar-refractivity contribution in [2.24, 2.45) is 7.05 Å². The van der Waals surface area contributed by atoms with Gasteiger partial charge in [-0.3, -0.25) is 0 Å². The van der Waals surface area contributed by atoms with Crippen LogP contribution in [0.4, 0.5) is 0 Å². The number of ether oxygens (including phenoxy) is 1. The minimum atomic E-state index is -0.359. The topological polar surface area (TPSA) is 69.9 Å². The third kappa shape index (κ3) is 1.77. The molecule has 0 N–H and O–H groups in total. The molecule has 2 aromatic rings. The van der Waals surface area contributed by atoms with Crippen LogP contribution in [0.1, 0.15) is 10.4 Å². The Labute approximate surface area is 91.8 Å². The van der Waals surface area contributed by atoms with Crippen molar-refractivity contribution < 1.29 is 9.53 Å². The molecule has 16 heavy (non-hydrogen) atoms. The predicted octanol–water partition coefficient (Wildman–Crippen LogP) is 0.664. The highest BCUT2D eigenvalue weighted by atomic mass is 16.5. The third-order valence-electron chi connectivity index (χ3n) is 2.18. The molecule has 0 saturated heterocycles. The number of esters is 1. The quantitative estimate of drug-likeness (QED) is 0.692. The van der Waals surface area contributed by atoms with Crippen LogP contribution in [0, 0.1) is 0 Å². The molecule has 2 rings (SSSR count). The Morgan fingerprint density at radius 1 is 1.31 bits per heavy atom. The minimum absolute atomic E-state index is 0.359. The molecule has 0 amide bonds. The lowest BCUT2D eigenvalue weighted by molar-refractivity contribution is 0.0601. The highest BCUT2D eigenvalue weighted by Crippen LogP contribution is 2.15. The molecule has 82 valence electrons. The first-order valence-corrected chi connectivity index (χ1v) is 4.63. The Hall–Kier alpha value is -2.24. The zero-order valence-corrected chi connectivity index (χ0v) is 8.91. The molecule has 0 radical (unpaired) electrons. The summed E-state index contributed by atoms with van der Waals surface area (Å²) in [5, 5.41) is 11.1. The van der Waals surface area contributed by atoms with Crippen molar-refractivity contribution in [3.8, 4) is 11.4 Å². The molecule has 0 atom stereocenters. The fraction of sp³-hybridized carbons (Fsp3) is 0.200. The summed E-state index contributed by atoms with van der Waals surface area (Å²) in [4.78, 5) is 11.2. The van der Waals surface area contributed by atoms with Gasteiger partial charge in [-0.05, 0) is 22.6 Å². The van der Waals surface area contributed by atoms with E-state index in [0.717, 1.165) is 5.56 Å². The normalized spacial score (nSPS) is 10.1. The van der Waals surface area contributed by atoms with Crippen molar-refractivity contribution in [1.29, 1.82) is 0 Å². The number of rotatable bonds is 2. The molecule has 1 heterocycles. The van der Waals surface area contributed by atoms with Crippen LogP contribution < -0.4 is 0 Å². The molecular formula is C10H10N4O2. The maximum atomic E-state index is 11.2. The summed E-state index contributed by atoms with van der Waals surface area (Å²) in [6.45, 7) is 0. The van der Waals surface area contributed by atoms with Crippen LogP contribution >= 0.6 is 0 Å². The van der Waals surface area contributed by atoms with E-state index in [1.54, 1.807) is 36.0 Å². The van der Waals surface area contributed by atoms with E-state index in [1.165, 1.54) is 7.11 Å². The smallest absolute Gasteiger partial charge is 0.337 e. The first-order chi connectivity index (χ1) is 7.72. The largest absolute Gasteiger partial charge is 0.465 e. The lowest BCUT2D eigenvalue weighted by Crippen LogP contribution is -2.01. The SMILES string of the molecule is COC(=O)c1ccc(-c2nnnn2C)cc1. The second-order valence-corrected chi connectivity index (χ2v) is 3.20. The zero-order valence-electron chi connectivity index (χ0n) is 8.91. The molecule has 0 saturated carbocycles. The molecule has 6 nitrogen and oxygen atoms in total. The summed E-state index contributed by atoms with van der Waals surface area (Å²) in [6, 6.07) is 6.90. The van der Waals surface area contributed by atoms with Gasteiger partial charge in [0.1, 0.15) is 0 Å². The summed E-state index contributed by atoms with van der Waals surface area (Å²) in [5.74, 6) is 0.291. The Balaban J connectivity index is 2.33. The van der Waals surface area contributed by atoms with E-state index in [2.05, 4.69) is 20.3 Å². The van der Waals surface area contributed by atoms with Crippen molar-refractivity contribution in [3.63, 3.8) is 0 Å². The van der Waals surface area contributed by atoms with Gasteiger partial charge in [-0.1, -0.05) is 12.1 Å². The summed E-state index contributed by atoms with van der Waals surface area (Å²) < 4.78 is 6.17. The molecule has 0 aliphatic carbocycles. The van der Waals surface area contributed by atoms with Crippen molar-refractivity contribution in [2.75, 3.05) is 7.11 Å². The highest BCUT2D eigenvalue weighted by molar-refractivity contribution is 5.89. The van der Waals surface area contributed by atoms with Gasteiger partial charge < -0.3 is 4.74 Å². The van der Waals surface area contributed by atoms with Crippen LogP contribution in [0.3, 0.4) is 0 Å². The number of hydrogen-bond acceptors (Lipinski definition) is 5. The first kappa shape index (κ1) is 10.3. The molecule has 0 aliphatic rings. The van der Waals surface area contributed by atoms with E-state index in [-0.39, 0.29) is 5.97 Å². The van der Waals surface area contributed by atoms with Gasteiger partial charge in [-0.15, -0.1) is 5.10 Å². The molecule has 0 fully saturated rings. The van der Waals surface area contributed by atoms with Gasteiger partial charge in [-0.2, -0.15) is 0 Å². The van der Waals surface area contributed by atoms with Gasteiger partial charge in [-0.25, -0.2) is 9.48 Å². The Kier molecular flexibility index (Phi) is 2.63. The van der Waals surface area contributed by atoms with Gasteiger partial charge in [0, 0.05) is 12.6 Å². The average Bonchev–Trinajstić information content (AvgIpc) is 2.75. The minimum Gasteiger partial charge on any atom is -0.465 e. The monoisotopic (exact) mass is 218 g/mol. The van der Waals surface area contributed by atoms with Crippen LogP contribution in [0.2, 0.25) is 0 Å². The van der Waals surface area contributed by atoms with Crippen molar-refractivity contribution in [1.82, 2.24) is 20.2 Å². The standard InChI is InChI=1S/C10H10N4O2/c1-14-9(11-12-13-14)7-3-5-8(6-4-7)10(15)16-2/h3-6H,1-2H3. The van der Waals surface area contributed by atoms with Crippen molar-refractivity contribution in [3.05, 3.63) is 29.8 Å². The fourth-order valence-corrected chi connectivity index (χ4v) is 1.35. The second kappa shape index (κ2) is 4.09. The molecule has 1 aromatic heterocycles. The fourth-order valence-electron chi connectivity index (χ4n) is 1.35. The summed E-state index contributed by atoms with van der Waals surface area (Å²) >= 11 is 0. The maximum Gasteiger partial charge on any atom is 0.337 e. The van der Waals surface area contributed by atoms with E-state index in [0.29, 0.717) is 11.4 Å². The van der Waals surface area contributed by atoms with Crippen LogP contribution in [-0.4, -0.2) is 33.3 Å². The molecule has 6 heteroatoms. The highest BCUT2D eigenvalue weighted by Gasteiger charge is 2.08. The average molecular weight is 218 g/mol. The molecule has 0 unspecified atom stereocenters. The number of aromatic nitrogens is 4. The lowest BCUT2D eigenvalue weighted by atomic mass is 10.1. The summed E-state index contributed by atoms with van der Waals surface area (Å²) in [6.07, 6.45) is 0. The Morgan fingerprint density at radius 3 is 2.50 bits per heavy atom. The third-order valence-corrected chi connectivity index (χ3v) is 2.18. The van der Waals surface area contributed by atoms with E-state index in [9.17, 15) is 4.79 Å². The van der Waals surface area contributed by atoms with Crippen molar-refractivity contribution in [2.45, 2.75) is 0 Å². The number of carbonyl (C=O) groups excluding carboxylic acids is 1. The number of hydrogen-bond donors (Lipinski definition) is 0. The number of aryl methyl sites for hydroxylation is 1. The van der Waals surface area contributed by atoms with Crippen molar-refractivity contribution >= 4 is 5.97 Å². The van der Waals surface area contributed by atoms with Crippen LogP contribution in [0.25, 0.3) is 11.4 Å². The van der Waals surface area contributed by atoms with Gasteiger partial charge in [0.25, 0.3) is 0 Å². The van der Waals surface area contributed by atoms with Crippen LogP contribution in [0.15, 0.2) is 24.3 Å². The number of benzene rings is 1. The number of nitrogens with zero attached hydrogens (tertiary/aromatic N) is 4. The molecule has 0 spiro atoms. The Morgan fingerprint density at radius 2 is 2.00 bits per heavy atom. The maximum absolute atomic E-state index is 11.2. The van der Waals surface area contributed by atoms with E-state index in [4.69, 9.17) is 0 Å². The number of carbonyl (C=O) groups is 1. The molecule has 0 aliphatic heterocycles. The lowest BCUT2D eigenvalue weighted by Gasteiger charge is -2.01. The van der Waals surface area contributed by atoms with Crippen LogP contribution in [0.5, 0.6) is 0 Å². The van der Waals surface area contributed by atoms with Gasteiger partial charge >= 0.3 is 5.97 Å².